The first-order valence-corrected chi connectivity index (χ1v) is 8.86. The van der Waals surface area contributed by atoms with Crippen molar-refractivity contribution in [1.82, 2.24) is 10.2 Å². The van der Waals surface area contributed by atoms with E-state index in [-0.39, 0.29) is 0 Å². The van der Waals surface area contributed by atoms with Gasteiger partial charge in [-0.25, -0.2) is 0 Å². The molecule has 0 radical (unpaired) electrons. The third kappa shape index (κ3) is 3.16. The lowest BCUT2D eigenvalue weighted by Crippen LogP contribution is -2.38. The summed E-state index contributed by atoms with van der Waals surface area (Å²) in [5.41, 5.74) is 0. The maximum absolute atomic E-state index is 3.93. The van der Waals surface area contributed by atoms with Crippen LogP contribution in [0.15, 0.2) is 0 Å². The summed E-state index contributed by atoms with van der Waals surface area (Å²) in [6.45, 7) is 4.06. The van der Waals surface area contributed by atoms with Crippen LogP contribution in [-0.2, 0) is 0 Å². The van der Waals surface area contributed by atoms with Gasteiger partial charge < -0.3 is 10.2 Å². The van der Waals surface area contributed by atoms with Crippen molar-refractivity contribution in [3.05, 3.63) is 0 Å². The molecule has 19 heavy (non-hydrogen) atoms. The first kappa shape index (κ1) is 12.6. The van der Waals surface area contributed by atoms with Crippen molar-refractivity contribution < 1.29 is 0 Å². The molecule has 2 nitrogen and oxygen atoms in total. The molecule has 1 heterocycles. The average Bonchev–Trinajstić information content (AvgIpc) is 3.35. The van der Waals surface area contributed by atoms with Gasteiger partial charge in [0, 0.05) is 18.6 Å². The number of nitrogens with one attached hydrogen (secondary N) is 1. The van der Waals surface area contributed by atoms with Crippen LogP contribution in [0.5, 0.6) is 0 Å². The van der Waals surface area contributed by atoms with E-state index in [1.165, 1.54) is 77.4 Å². The summed E-state index contributed by atoms with van der Waals surface area (Å²) in [4.78, 5) is 2.75. The second-order valence-electron chi connectivity index (χ2n) is 7.75. The fourth-order valence-electron chi connectivity index (χ4n) is 4.54. The monoisotopic (exact) mass is 262 g/mol. The summed E-state index contributed by atoms with van der Waals surface area (Å²) in [5, 5.41) is 3.93. The minimum absolute atomic E-state index is 0.856. The molecule has 1 saturated heterocycles. The zero-order valence-corrected chi connectivity index (χ0v) is 12.3. The molecule has 4 aliphatic rings. The Hall–Kier alpha value is -0.0800. The highest BCUT2D eigenvalue weighted by Crippen LogP contribution is 2.43. The lowest BCUT2D eigenvalue weighted by atomic mass is 9.82. The molecule has 2 heteroatoms. The van der Waals surface area contributed by atoms with E-state index in [9.17, 15) is 0 Å². The second-order valence-corrected chi connectivity index (χ2v) is 7.75. The maximum Gasteiger partial charge on any atom is 0.00965 e. The highest BCUT2D eigenvalue weighted by molar-refractivity contribution is 4.91. The molecule has 4 fully saturated rings. The minimum Gasteiger partial charge on any atom is -0.314 e. The van der Waals surface area contributed by atoms with Crippen molar-refractivity contribution in [2.24, 2.45) is 17.8 Å². The molecule has 0 bridgehead atoms. The van der Waals surface area contributed by atoms with Crippen LogP contribution in [0.4, 0.5) is 0 Å². The lowest BCUT2D eigenvalue weighted by Gasteiger charge is -2.30. The molecular formula is C17H30N2. The zero-order valence-electron chi connectivity index (χ0n) is 12.3. The Morgan fingerprint density at radius 1 is 0.895 bits per heavy atom. The van der Waals surface area contributed by atoms with Crippen LogP contribution in [0.25, 0.3) is 0 Å². The van der Waals surface area contributed by atoms with Crippen LogP contribution >= 0.6 is 0 Å². The van der Waals surface area contributed by atoms with Crippen LogP contribution in [0.2, 0.25) is 0 Å². The smallest absolute Gasteiger partial charge is 0.00965 e. The quantitative estimate of drug-likeness (QED) is 0.819. The van der Waals surface area contributed by atoms with E-state index >= 15 is 0 Å². The Morgan fingerprint density at radius 3 is 2.58 bits per heavy atom. The van der Waals surface area contributed by atoms with Gasteiger partial charge in [0.25, 0.3) is 0 Å². The summed E-state index contributed by atoms with van der Waals surface area (Å²) in [6.07, 6.45) is 13.4. The average molecular weight is 262 g/mol. The van der Waals surface area contributed by atoms with Crippen LogP contribution in [0.1, 0.15) is 57.8 Å². The Bertz CT molecular complexity index is 308. The summed E-state index contributed by atoms with van der Waals surface area (Å²) in [6, 6.07) is 1.84. The van der Waals surface area contributed by atoms with Crippen LogP contribution in [0.3, 0.4) is 0 Å². The first-order valence-electron chi connectivity index (χ1n) is 8.86. The Morgan fingerprint density at radius 2 is 1.79 bits per heavy atom. The van der Waals surface area contributed by atoms with Gasteiger partial charge in [-0.3, -0.25) is 0 Å². The van der Waals surface area contributed by atoms with Crippen molar-refractivity contribution in [1.29, 1.82) is 0 Å². The van der Waals surface area contributed by atoms with Crippen molar-refractivity contribution in [2.45, 2.75) is 69.9 Å². The van der Waals surface area contributed by atoms with Gasteiger partial charge in [-0.2, -0.15) is 0 Å². The van der Waals surface area contributed by atoms with Crippen LogP contribution < -0.4 is 5.32 Å². The molecule has 0 aromatic carbocycles. The second kappa shape index (κ2) is 5.37. The number of hydrogen-bond donors (Lipinski definition) is 1. The molecule has 3 saturated carbocycles. The highest BCUT2D eigenvalue weighted by atomic mass is 15.2. The van der Waals surface area contributed by atoms with E-state index in [2.05, 4.69) is 10.2 Å². The number of rotatable bonds is 5. The molecule has 4 rings (SSSR count). The SMILES string of the molecule is C1CC(NCC2CCN(C3CC3)C2)CC(C2CC2)C1. The van der Waals surface area contributed by atoms with Crippen molar-refractivity contribution in [2.75, 3.05) is 19.6 Å². The maximum atomic E-state index is 3.93. The van der Waals surface area contributed by atoms with E-state index in [0.29, 0.717) is 0 Å². The third-order valence-electron chi connectivity index (χ3n) is 6.08. The number of nitrogens with zero attached hydrogens (tertiary/aromatic N) is 1. The summed E-state index contributed by atoms with van der Waals surface area (Å²) in [7, 11) is 0. The molecule has 3 unspecified atom stereocenters. The van der Waals surface area contributed by atoms with Crippen LogP contribution in [-0.4, -0.2) is 36.6 Å². The minimum atomic E-state index is 0.856. The topological polar surface area (TPSA) is 15.3 Å². The zero-order chi connectivity index (χ0) is 12.7. The van der Waals surface area contributed by atoms with Gasteiger partial charge in [-0.1, -0.05) is 12.8 Å². The van der Waals surface area contributed by atoms with Gasteiger partial charge in [0.2, 0.25) is 0 Å². The molecule has 0 amide bonds. The van der Waals surface area contributed by atoms with Crippen molar-refractivity contribution in [3.8, 4) is 0 Å². The third-order valence-corrected chi connectivity index (χ3v) is 6.08. The fourth-order valence-corrected chi connectivity index (χ4v) is 4.54. The molecule has 3 aliphatic carbocycles. The number of likely N-dealkylation sites (tertiary alicyclic amines) is 1. The molecular weight excluding hydrogens is 232 g/mol. The standard InChI is InChI=1S/C17H30N2/c1-2-15(14-4-5-14)10-16(3-1)18-11-13-8-9-19(12-13)17-6-7-17/h13-18H,1-12H2. The molecule has 108 valence electrons. The summed E-state index contributed by atoms with van der Waals surface area (Å²) < 4.78 is 0. The number of hydrogen-bond acceptors (Lipinski definition) is 2. The van der Waals surface area contributed by atoms with Gasteiger partial charge >= 0.3 is 0 Å². The fraction of sp³-hybridized carbons (Fsp3) is 1.00. The summed E-state index contributed by atoms with van der Waals surface area (Å²) in [5.74, 6) is 3.15. The Kier molecular flexibility index (Phi) is 3.57. The molecule has 1 N–H and O–H groups in total. The van der Waals surface area contributed by atoms with Gasteiger partial charge in [0.1, 0.15) is 0 Å². The van der Waals surface area contributed by atoms with Gasteiger partial charge in [0.15, 0.2) is 0 Å². The van der Waals surface area contributed by atoms with Gasteiger partial charge in [0.05, 0.1) is 0 Å². The van der Waals surface area contributed by atoms with E-state index in [1.54, 1.807) is 0 Å². The van der Waals surface area contributed by atoms with Crippen molar-refractivity contribution in [3.63, 3.8) is 0 Å². The van der Waals surface area contributed by atoms with E-state index in [0.717, 1.165) is 29.8 Å². The predicted octanol–water partition coefficient (Wildman–Crippen LogP) is 3.03. The van der Waals surface area contributed by atoms with E-state index in [1.807, 2.05) is 0 Å². The molecule has 0 spiro atoms. The molecule has 0 aromatic heterocycles. The molecule has 0 aromatic rings. The van der Waals surface area contributed by atoms with E-state index < -0.39 is 0 Å². The predicted molar refractivity (Wildman–Crippen MR) is 79.2 cm³/mol. The summed E-state index contributed by atoms with van der Waals surface area (Å²) >= 11 is 0. The van der Waals surface area contributed by atoms with E-state index in [4.69, 9.17) is 0 Å². The lowest BCUT2D eigenvalue weighted by molar-refractivity contribution is 0.250. The molecule has 3 atom stereocenters. The largest absolute Gasteiger partial charge is 0.314 e. The highest BCUT2D eigenvalue weighted by Gasteiger charge is 2.36. The first-order chi connectivity index (χ1) is 9.38. The Balaban J connectivity index is 1.19. The normalized spacial score (nSPS) is 40.7. The van der Waals surface area contributed by atoms with Crippen molar-refractivity contribution >= 4 is 0 Å². The van der Waals surface area contributed by atoms with Crippen LogP contribution in [0, 0.1) is 17.8 Å². The van der Waals surface area contributed by atoms with Gasteiger partial charge in [-0.05, 0) is 75.8 Å². The van der Waals surface area contributed by atoms with Gasteiger partial charge in [-0.15, -0.1) is 0 Å². The molecule has 1 aliphatic heterocycles. The Labute approximate surface area is 118 Å².